The second kappa shape index (κ2) is 13.2. The highest BCUT2D eigenvalue weighted by molar-refractivity contribution is 5.85. The topological polar surface area (TPSA) is 38.3 Å². The van der Waals surface area contributed by atoms with Gasteiger partial charge in [-0.2, -0.15) is 0 Å². The van der Waals surface area contributed by atoms with Gasteiger partial charge in [0.1, 0.15) is 0 Å². The van der Waals surface area contributed by atoms with Crippen molar-refractivity contribution >= 4 is 18.4 Å². The Hall–Kier alpha value is -1.06. The molecule has 1 N–H and O–H groups in total. The second-order valence-corrected chi connectivity index (χ2v) is 6.87. The van der Waals surface area contributed by atoms with Crippen molar-refractivity contribution in [2.45, 2.75) is 78.3 Å². The molecule has 25 heavy (non-hydrogen) atoms. The number of methoxy groups -OCH3 is 1. The molecule has 1 aliphatic carbocycles. The molecule has 0 radical (unpaired) electrons. The largest absolute Gasteiger partial charge is 0.469 e. The van der Waals surface area contributed by atoms with Crippen LogP contribution in [0.4, 0.5) is 0 Å². The van der Waals surface area contributed by atoms with Crippen LogP contribution in [0, 0.1) is 5.92 Å². The summed E-state index contributed by atoms with van der Waals surface area (Å²) in [5.41, 5.74) is 2.54. The normalized spacial score (nSPS) is 15.6. The van der Waals surface area contributed by atoms with Crippen molar-refractivity contribution in [1.29, 1.82) is 0 Å². The summed E-state index contributed by atoms with van der Waals surface area (Å²) in [6.07, 6.45) is 9.54. The Morgan fingerprint density at radius 2 is 1.84 bits per heavy atom. The molecule has 1 aromatic rings. The number of halogens is 1. The van der Waals surface area contributed by atoms with Gasteiger partial charge in [-0.15, -0.1) is 12.4 Å². The van der Waals surface area contributed by atoms with Crippen LogP contribution in [-0.2, 0) is 22.5 Å². The summed E-state index contributed by atoms with van der Waals surface area (Å²) in [5, 5.41) is 3.67. The fourth-order valence-electron chi connectivity index (χ4n) is 3.60. The van der Waals surface area contributed by atoms with Crippen LogP contribution in [0.25, 0.3) is 0 Å². The summed E-state index contributed by atoms with van der Waals surface area (Å²) in [6, 6.07) is 8.94. The molecule has 2 rings (SSSR count). The van der Waals surface area contributed by atoms with Crippen molar-refractivity contribution in [1.82, 2.24) is 5.32 Å². The van der Waals surface area contributed by atoms with Gasteiger partial charge in [0.05, 0.1) is 7.11 Å². The standard InChI is InChI=1S/C20H31NO2.CH4.ClH/c1-16(14-17-8-4-3-5-9-17)21-15-19-11-7-6-10-18(19)12-13-20(22)23-2;;/h6-7,10-11,16-17,21H,3-5,8-9,12-15H2,1-2H3;1H4;1H. The molecular weight excluding hydrogens is 334 g/mol. The maximum atomic E-state index is 11.3. The second-order valence-electron chi connectivity index (χ2n) is 6.87. The Bertz CT molecular complexity index is 487. The highest BCUT2D eigenvalue weighted by Gasteiger charge is 2.16. The zero-order valence-electron chi connectivity index (χ0n) is 15.1. The lowest BCUT2D eigenvalue weighted by molar-refractivity contribution is -0.140. The van der Waals surface area contributed by atoms with Gasteiger partial charge in [0.2, 0.25) is 0 Å². The number of esters is 1. The summed E-state index contributed by atoms with van der Waals surface area (Å²) in [7, 11) is 1.45. The average molecular weight is 370 g/mol. The predicted octanol–water partition coefficient (Wildman–Crippen LogP) is 5.30. The summed E-state index contributed by atoms with van der Waals surface area (Å²) in [4.78, 5) is 11.3. The molecule has 3 nitrogen and oxygen atoms in total. The third kappa shape index (κ3) is 8.73. The third-order valence-electron chi connectivity index (χ3n) is 5.00. The van der Waals surface area contributed by atoms with E-state index in [4.69, 9.17) is 4.74 Å². The Morgan fingerprint density at radius 3 is 2.48 bits per heavy atom. The van der Waals surface area contributed by atoms with Gasteiger partial charge < -0.3 is 10.1 Å². The van der Waals surface area contributed by atoms with Crippen molar-refractivity contribution in [3.8, 4) is 0 Å². The third-order valence-corrected chi connectivity index (χ3v) is 5.00. The number of benzene rings is 1. The molecule has 0 aromatic heterocycles. The first kappa shape index (κ1) is 23.9. The first-order chi connectivity index (χ1) is 11.2. The van der Waals surface area contributed by atoms with Crippen molar-refractivity contribution < 1.29 is 9.53 Å². The van der Waals surface area contributed by atoms with Gasteiger partial charge in [0.25, 0.3) is 0 Å². The lowest BCUT2D eigenvalue weighted by Gasteiger charge is -2.25. The molecular formula is C21H36ClNO2. The molecule has 0 heterocycles. The molecule has 0 aliphatic heterocycles. The van der Waals surface area contributed by atoms with E-state index in [1.807, 2.05) is 6.07 Å². The summed E-state index contributed by atoms with van der Waals surface area (Å²) >= 11 is 0. The van der Waals surface area contributed by atoms with E-state index in [0.29, 0.717) is 12.5 Å². The van der Waals surface area contributed by atoms with E-state index >= 15 is 0 Å². The van der Waals surface area contributed by atoms with Gasteiger partial charge in [-0.1, -0.05) is 63.8 Å². The lowest BCUT2D eigenvalue weighted by Crippen LogP contribution is -2.29. The van der Waals surface area contributed by atoms with E-state index in [1.54, 1.807) is 0 Å². The molecule has 1 unspecified atom stereocenters. The van der Waals surface area contributed by atoms with Crippen LogP contribution in [0.2, 0.25) is 0 Å². The van der Waals surface area contributed by atoms with Crippen molar-refractivity contribution in [2.75, 3.05) is 7.11 Å². The van der Waals surface area contributed by atoms with Crippen LogP contribution in [0.3, 0.4) is 0 Å². The molecule has 1 fully saturated rings. The number of hydrogen-bond donors (Lipinski definition) is 1. The molecule has 1 atom stereocenters. The fraction of sp³-hybridized carbons (Fsp3) is 0.667. The highest BCUT2D eigenvalue weighted by atomic mass is 35.5. The van der Waals surface area contributed by atoms with E-state index in [0.717, 1.165) is 18.9 Å². The summed E-state index contributed by atoms with van der Waals surface area (Å²) < 4.78 is 4.74. The van der Waals surface area contributed by atoms with Crippen LogP contribution in [-0.4, -0.2) is 19.1 Å². The quantitative estimate of drug-likeness (QED) is 0.632. The maximum absolute atomic E-state index is 11.3. The Kier molecular flexibility index (Phi) is 12.6. The van der Waals surface area contributed by atoms with Crippen molar-refractivity contribution in [3.63, 3.8) is 0 Å². The van der Waals surface area contributed by atoms with Crippen LogP contribution < -0.4 is 5.32 Å². The molecule has 1 saturated carbocycles. The van der Waals surface area contributed by atoms with Gasteiger partial charge >= 0.3 is 5.97 Å². The van der Waals surface area contributed by atoms with Crippen LogP contribution >= 0.6 is 12.4 Å². The number of rotatable bonds is 8. The maximum Gasteiger partial charge on any atom is 0.305 e. The first-order valence-corrected chi connectivity index (χ1v) is 9.06. The summed E-state index contributed by atoms with van der Waals surface area (Å²) in [6.45, 7) is 3.18. The molecule has 0 amide bonds. The zero-order valence-corrected chi connectivity index (χ0v) is 15.9. The van der Waals surface area contributed by atoms with E-state index < -0.39 is 0 Å². The Labute approximate surface area is 160 Å². The van der Waals surface area contributed by atoms with Gasteiger partial charge in [0, 0.05) is 19.0 Å². The first-order valence-electron chi connectivity index (χ1n) is 9.06. The molecule has 144 valence electrons. The zero-order chi connectivity index (χ0) is 16.5. The SMILES string of the molecule is C.COC(=O)CCc1ccccc1CNC(C)CC1CCCCC1.Cl. The average Bonchev–Trinajstić information content (AvgIpc) is 2.59. The highest BCUT2D eigenvalue weighted by Crippen LogP contribution is 2.27. The van der Waals surface area contributed by atoms with Crippen molar-refractivity contribution in [2.24, 2.45) is 5.92 Å². The molecule has 1 aromatic carbocycles. The lowest BCUT2D eigenvalue weighted by atomic mass is 9.85. The van der Waals surface area contributed by atoms with Gasteiger partial charge in [-0.25, -0.2) is 0 Å². The van der Waals surface area contributed by atoms with Crippen molar-refractivity contribution in [3.05, 3.63) is 35.4 Å². The smallest absolute Gasteiger partial charge is 0.305 e. The van der Waals surface area contributed by atoms with E-state index in [1.165, 1.54) is 56.8 Å². The Balaban J connectivity index is 0.00000288. The van der Waals surface area contributed by atoms with Gasteiger partial charge in [0.15, 0.2) is 0 Å². The number of aryl methyl sites for hydroxylation is 1. The fourth-order valence-corrected chi connectivity index (χ4v) is 3.60. The number of carbonyl (C=O) groups is 1. The number of hydrogen-bond acceptors (Lipinski definition) is 3. The van der Waals surface area contributed by atoms with Crippen LogP contribution in [0.5, 0.6) is 0 Å². The number of carbonyl (C=O) groups excluding carboxylic acids is 1. The monoisotopic (exact) mass is 369 g/mol. The minimum absolute atomic E-state index is 0. The molecule has 0 spiro atoms. The Morgan fingerprint density at radius 1 is 1.20 bits per heavy atom. The van der Waals surface area contributed by atoms with E-state index in [9.17, 15) is 4.79 Å². The van der Waals surface area contributed by atoms with Crippen LogP contribution in [0.15, 0.2) is 24.3 Å². The van der Waals surface area contributed by atoms with E-state index in [-0.39, 0.29) is 25.8 Å². The number of nitrogens with one attached hydrogen (secondary N) is 1. The predicted molar refractivity (Wildman–Crippen MR) is 108 cm³/mol. The van der Waals surface area contributed by atoms with E-state index in [2.05, 4.69) is 30.4 Å². The minimum atomic E-state index is -0.140. The molecule has 0 bridgehead atoms. The molecule has 4 heteroatoms. The van der Waals surface area contributed by atoms with Gasteiger partial charge in [-0.05, 0) is 36.8 Å². The van der Waals surface area contributed by atoms with Crippen LogP contribution in [0.1, 0.15) is 70.4 Å². The molecule has 0 saturated heterocycles. The molecule has 1 aliphatic rings. The minimum Gasteiger partial charge on any atom is -0.469 e. The summed E-state index contributed by atoms with van der Waals surface area (Å²) in [5.74, 6) is 0.763. The van der Waals surface area contributed by atoms with Gasteiger partial charge in [-0.3, -0.25) is 4.79 Å². The number of ether oxygens (including phenoxy) is 1.